The molecular formula is C15H16BrIN2O. The summed E-state index contributed by atoms with van der Waals surface area (Å²) in [7, 11) is 1.67. The highest BCUT2D eigenvalue weighted by atomic mass is 127. The van der Waals surface area contributed by atoms with E-state index in [1.54, 1.807) is 7.11 Å². The maximum atomic E-state index is 5.74. The van der Waals surface area contributed by atoms with Gasteiger partial charge in [0.25, 0.3) is 0 Å². The van der Waals surface area contributed by atoms with Crippen molar-refractivity contribution in [3.63, 3.8) is 0 Å². The minimum absolute atomic E-state index is 0.0616. The molecule has 1 unspecified atom stereocenters. The number of hydrogen-bond donors (Lipinski definition) is 2. The minimum Gasteiger partial charge on any atom is -0.497 e. The second-order valence-electron chi connectivity index (χ2n) is 4.40. The third kappa shape index (κ3) is 3.72. The molecular weight excluding hydrogens is 431 g/mol. The first-order chi connectivity index (χ1) is 9.65. The Labute approximate surface area is 141 Å². The number of halogens is 2. The molecule has 2 aromatic rings. The molecule has 0 spiro atoms. The van der Waals surface area contributed by atoms with Crippen molar-refractivity contribution in [3.8, 4) is 5.75 Å². The zero-order chi connectivity index (χ0) is 14.5. The Kier molecular flexibility index (Phi) is 5.83. The van der Waals surface area contributed by atoms with Crippen LogP contribution in [0, 0.1) is 3.57 Å². The predicted octanol–water partition coefficient (Wildman–Crippen LogP) is 3.81. The lowest BCUT2D eigenvalue weighted by molar-refractivity contribution is 0.413. The van der Waals surface area contributed by atoms with E-state index in [1.165, 1.54) is 9.13 Å². The van der Waals surface area contributed by atoms with Crippen LogP contribution >= 0.6 is 38.5 Å². The van der Waals surface area contributed by atoms with Crippen molar-refractivity contribution in [1.82, 2.24) is 5.43 Å². The number of nitrogens with one attached hydrogen (secondary N) is 1. The van der Waals surface area contributed by atoms with Gasteiger partial charge in [0.05, 0.1) is 13.2 Å². The first-order valence-electron chi connectivity index (χ1n) is 6.18. The summed E-state index contributed by atoms with van der Waals surface area (Å²) < 4.78 is 7.54. The molecule has 0 aliphatic rings. The van der Waals surface area contributed by atoms with Crippen molar-refractivity contribution in [2.24, 2.45) is 5.84 Å². The Balaban J connectivity index is 2.29. The molecule has 20 heavy (non-hydrogen) atoms. The Morgan fingerprint density at radius 2 is 2.05 bits per heavy atom. The monoisotopic (exact) mass is 446 g/mol. The van der Waals surface area contributed by atoms with Gasteiger partial charge in [0.15, 0.2) is 0 Å². The molecule has 2 rings (SSSR count). The molecule has 0 saturated carbocycles. The predicted molar refractivity (Wildman–Crippen MR) is 93.6 cm³/mol. The van der Waals surface area contributed by atoms with Gasteiger partial charge in [-0.05, 0) is 64.4 Å². The quantitative estimate of drug-likeness (QED) is 0.417. The van der Waals surface area contributed by atoms with E-state index in [2.05, 4.69) is 56.1 Å². The van der Waals surface area contributed by atoms with E-state index in [-0.39, 0.29) is 6.04 Å². The summed E-state index contributed by atoms with van der Waals surface area (Å²) in [6.45, 7) is 0. The van der Waals surface area contributed by atoms with Gasteiger partial charge in [-0.25, -0.2) is 0 Å². The average molecular weight is 447 g/mol. The van der Waals surface area contributed by atoms with E-state index in [9.17, 15) is 0 Å². The first-order valence-corrected chi connectivity index (χ1v) is 8.06. The lowest BCUT2D eigenvalue weighted by atomic mass is 9.99. The minimum atomic E-state index is 0.0616. The maximum absolute atomic E-state index is 5.74. The maximum Gasteiger partial charge on any atom is 0.119 e. The molecule has 0 aliphatic carbocycles. The highest BCUT2D eigenvalue weighted by molar-refractivity contribution is 14.1. The van der Waals surface area contributed by atoms with Gasteiger partial charge < -0.3 is 4.74 Å². The molecule has 0 aromatic heterocycles. The van der Waals surface area contributed by atoms with Crippen LogP contribution in [0.3, 0.4) is 0 Å². The fourth-order valence-electron chi connectivity index (χ4n) is 2.07. The van der Waals surface area contributed by atoms with E-state index >= 15 is 0 Å². The van der Waals surface area contributed by atoms with Crippen LogP contribution in [0.1, 0.15) is 17.2 Å². The van der Waals surface area contributed by atoms with Gasteiger partial charge in [-0.15, -0.1) is 0 Å². The van der Waals surface area contributed by atoms with Gasteiger partial charge in [0.1, 0.15) is 5.75 Å². The van der Waals surface area contributed by atoms with Gasteiger partial charge in [0, 0.05) is 8.04 Å². The number of nitrogens with two attached hydrogens (primary N) is 1. The molecule has 0 radical (unpaired) electrons. The molecule has 106 valence electrons. The largest absolute Gasteiger partial charge is 0.497 e. The highest BCUT2D eigenvalue weighted by Gasteiger charge is 2.15. The van der Waals surface area contributed by atoms with E-state index in [4.69, 9.17) is 10.6 Å². The highest BCUT2D eigenvalue weighted by Crippen LogP contribution is 2.28. The smallest absolute Gasteiger partial charge is 0.119 e. The first kappa shape index (κ1) is 15.8. The standard InChI is InChI=1S/C15H16BrIN2O/c1-20-11-6-7-13(16)10(8-11)9-15(19-18)12-4-2-3-5-14(12)17/h2-8,15,19H,9,18H2,1H3. The summed E-state index contributed by atoms with van der Waals surface area (Å²) in [5, 5.41) is 0. The second-order valence-corrected chi connectivity index (χ2v) is 6.42. The van der Waals surface area contributed by atoms with Crippen LogP contribution in [0.15, 0.2) is 46.9 Å². The van der Waals surface area contributed by atoms with Gasteiger partial charge in [-0.3, -0.25) is 11.3 Å². The summed E-state index contributed by atoms with van der Waals surface area (Å²) >= 11 is 5.91. The lowest BCUT2D eigenvalue weighted by Gasteiger charge is -2.19. The number of hydrazine groups is 1. The van der Waals surface area contributed by atoms with E-state index in [0.717, 1.165) is 22.2 Å². The zero-order valence-electron chi connectivity index (χ0n) is 11.1. The summed E-state index contributed by atoms with van der Waals surface area (Å²) in [5.74, 6) is 6.59. The number of ether oxygens (including phenoxy) is 1. The van der Waals surface area contributed by atoms with Crippen LogP contribution in [-0.4, -0.2) is 7.11 Å². The van der Waals surface area contributed by atoms with Gasteiger partial charge in [-0.2, -0.15) is 0 Å². The van der Waals surface area contributed by atoms with Gasteiger partial charge >= 0.3 is 0 Å². The van der Waals surface area contributed by atoms with Crippen LogP contribution < -0.4 is 16.0 Å². The molecule has 5 heteroatoms. The van der Waals surface area contributed by atoms with Gasteiger partial charge in [-0.1, -0.05) is 34.1 Å². The van der Waals surface area contributed by atoms with Crippen molar-refractivity contribution < 1.29 is 4.74 Å². The van der Waals surface area contributed by atoms with Crippen LogP contribution in [0.5, 0.6) is 5.75 Å². The molecule has 1 atom stereocenters. The van der Waals surface area contributed by atoms with E-state index in [1.807, 2.05) is 30.3 Å². The lowest BCUT2D eigenvalue weighted by Crippen LogP contribution is -2.30. The summed E-state index contributed by atoms with van der Waals surface area (Å²) in [6.07, 6.45) is 0.786. The molecule has 0 aliphatic heterocycles. The molecule has 0 saturated heterocycles. The van der Waals surface area contributed by atoms with Crippen molar-refractivity contribution in [3.05, 3.63) is 61.6 Å². The topological polar surface area (TPSA) is 47.3 Å². The Morgan fingerprint density at radius 3 is 2.70 bits per heavy atom. The fourth-order valence-corrected chi connectivity index (χ4v) is 3.24. The number of hydrogen-bond acceptors (Lipinski definition) is 3. The fraction of sp³-hybridized carbons (Fsp3) is 0.200. The normalized spacial score (nSPS) is 12.2. The van der Waals surface area contributed by atoms with Gasteiger partial charge in [0.2, 0.25) is 0 Å². The Bertz CT molecular complexity index is 592. The molecule has 0 bridgehead atoms. The van der Waals surface area contributed by atoms with Crippen molar-refractivity contribution in [2.45, 2.75) is 12.5 Å². The van der Waals surface area contributed by atoms with Crippen molar-refractivity contribution in [2.75, 3.05) is 7.11 Å². The third-order valence-corrected chi connectivity index (χ3v) is 4.91. The molecule has 2 aromatic carbocycles. The molecule has 3 N–H and O–H groups in total. The summed E-state index contributed by atoms with van der Waals surface area (Å²) in [4.78, 5) is 0. The van der Waals surface area contributed by atoms with Crippen LogP contribution in [0.25, 0.3) is 0 Å². The molecule has 0 heterocycles. The number of rotatable bonds is 5. The molecule has 0 amide bonds. The Hall–Kier alpha value is -0.630. The SMILES string of the molecule is COc1ccc(Br)c(CC(NN)c2ccccc2I)c1. The van der Waals surface area contributed by atoms with Crippen LogP contribution in [0.4, 0.5) is 0 Å². The summed E-state index contributed by atoms with van der Waals surface area (Å²) in [5.41, 5.74) is 5.26. The number of benzene rings is 2. The molecule has 3 nitrogen and oxygen atoms in total. The Morgan fingerprint density at radius 1 is 1.30 bits per heavy atom. The molecule has 0 fully saturated rings. The van der Waals surface area contributed by atoms with Crippen molar-refractivity contribution >= 4 is 38.5 Å². The second kappa shape index (κ2) is 7.40. The summed E-state index contributed by atoms with van der Waals surface area (Å²) in [6, 6.07) is 14.3. The van der Waals surface area contributed by atoms with E-state index < -0.39 is 0 Å². The van der Waals surface area contributed by atoms with Crippen LogP contribution in [0.2, 0.25) is 0 Å². The van der Waals surface area contributed by atoms with E-state index in [0.29, 0.717) is 0 Å². The van der Waals surface area contributed by atoms with Crippen molar-refractivity contribution in [1.29, 1.82) is 0 Å². The van der Waals surface area contributed by atoms with Crippen LogP contribution in [-0.2, 0) is 6.42 Å². The third-order valence-electron chi connectivity index (χ3n) is 3.16. The average Bonchev–Trinajstić information content (AvgIpc) is 2.47. The number of methoxy groups -OCH3 is 1. The zero-order valence-corrected chi connectivity index (χ0v) is 14.8.